The molecule has 1 aliphatic carbocycles. The predicted octanol–water partition coefficient (Wildman–Crippen LogP) is 3.33. The molecule has 0 spiro atoms. The van der Waals surface area contributed by atoms with Gasteiger partial charge in [0.05, 0.1) is 5.56 Å². The Morgan fingerprint density at radius 2 is 1.85 bits per heavy atom. The zero-order chi connectivity index (χ0) is 14.8. The van der Waals surface area contributed by atoms with E-state index in [0.29, 0.717) is 12.0 Å². The van der Waals surface area contributed by atoms with Gasteiger partial charge in [0.1, 0.15) is 5.78 Å². The number of ketones is 1. The molecular formula is C15H18F3NO. The highest BCUT2D eigenvalue weighted by Gasteiger charge is 2.30. The molecule has 2 atom stereocenters. The third-order valence-electron chi connectivity index (χ3n) is 3.83. The first-order valence-corrected chi connectivity index (χ1v) is 6.80. The molecule has 0 saturated heterocycles. The van der Waals surface area contributed by atoms with Gasteiger partial charge in [0, 0.05) is 18.4 Å². The fourth-order valence-electron chi connectivity index (χ4n) is 2.68. The number of benzene rings is 1. The smallest absolute Gasteiger partial charge is 0.328 e. The van der Waals surface area contributed by atoms with Crippen molar-refractivity contribution in [1.82, 2.24) is 0 Å². The van der Waals surface area contributed by atoms with E-state index in [2.05, 4.69) is 0 Å². The molecule has 2 N–H and O–H groups in total. The van der Waals surface area contributed by atoms with Gasteiger partial charge in [0.25, 0.3) is 0 Å². The quantitative estimate of drug-likeness (QED) is 0.925. The molecule has 1 aliphatic rings. The van der Waals surface area contributed by atoms with Crippen LogP contribution < -0.4 is 5.73 Å². The summed E-state index contributed by atoms with van der Waals surface area (Å²) < 4.78 is 37.3. The van der Waals surface area contributed by atoms with Crippen LogP contribution in [-0.4, -0.2) is 11.8 Å². The minimum atomic E-state index is -4.33. The summed E-state index contributed by atoms with van der Waals surface area (Å²) >= 11 is 0. The lowest BCUT2D eigenvalue weighted by atomic mass is 9.82. The third-order valence-corrected chi connectivity index (χ3v) is 3.83. The van der Waals surface area contributed by atoms with Crippen molar-refractivity contribution in [2.45, 2.75) is 44.3 Å². The van der Waals surface area contributed by atoms with Gasteiger partial charge < -0.3 is 5.73 Å². The largest absolute Gasteiger partial charge is 0.416 e. The van der Waals surface area contributed by atoms with Crippen LogP contribution in [0.2, 0.25) is 0 Å². The molecule has 1 aromatic rings. The second-order valence-electron chi connectivity index (χ2n) is 5.46. The lowest BCUT2D eigenvalue weighted by Crippen LogP contribution is -2.32. The maximum absolute atomic E-state index is 12.4. The number of carbonyl (C=O) groups excluding carboxylic acids is 1. The van der Waals surface area contributed by atoms with Crippen LogP contribution in [0.1, 0.15) is 36.8 Å². The molecular weight excluding hydrogens is 267 g/mol. The Labute approximate surface area is 116 Å². The molecule has 1 aromatic carbocycles. The molecule has 0 bridgehead atoms. The fourth-order valence-corrected chi connectivity index (χ4v) is 2.68. The monoisotopic (exact) mass is 285 g/mol. The Kier molecular flexibility index (Phi) is 4.48. The van der Waals surface area contributed by atoms with Crippen molar-refractivity contribution in [3.05, 3.63) is 35.4 Å². The summed E-state index contributed by atoms with van der Waals surface area (Å²) in [7, 11) is 0. The van der Waals surface area contributed by atoms with Crippen molar-refractivity contribution in [2.75, 3.05) is 0 Å². The van der Waals surface area contributed by atoms with Crippen LogP contribution in [0.15, 0.2) is 24.3 Å². The molecule has 110 valence electrons. The number of halogens is 3. The molecule has 0 radical (unpaired) electrons. The van der Waals surface area contributed by atoms with E-state index in [-0.39, 0.29) is 24.2 Å². The summed E-state index contributed by atoms with van der Waals surface area (Å²) in [6.45, 7) is 0. The van der Waals surface area contributed by atoms with Crippen molar-refractivity contribution < 1.29 is 18.0 Å². The third kappa shape index (κ3) is 3.82. The van der Waals surface area contributed by atoms with Crippen molar-refractivity contribution >= 4 is 5.78 Å². The number of hydrogen-bond donors (Lipinski definition) is 1. The number of alkyl halides is 3. The summed E-state index contributed by atoms with van der Waals surface area (Å²) in [5.41, 5.74) is 5.79. The molecule has 0 heterocycles. The van der Waals surface area contributed by atoms with Gasteiger partial charge in [-0.15, -0.1) is 0 Å². The van der Waals surface area contributed by atoms with Crippen molar-refractivity contribution in [2.24, 2.45) is 11.7 Å². The van der Waals surface area contributed by atoms with E-state index >= 15 is 0 Å². The van der Waals surface area contributed by atoms with Crippen LogP contribution in [0.3, 0.4) is 0 Å². The molecule has 1 saturated carbocycles. The first kappa shape index (κ1) is 15.0. The van der Waals surface area contributed by atoms with E-state index < -0.39 is 11.7 Å². The molecule has 0 aromatic heterocycles. The van der Waals surface area contributed by atoms with E-state index in [4.69, 9.17) is 5.73 Å². The van der Waals surface area contributed by atoms with E-state index in [1.54, 1.807) is 0 Å². The van der Waals surface area contributed by atoms with Gasteiger partial charge in [0.15, 0.2) is 0 Å². The first-order valence-electron chi connectivity index (χ1n) is 6.80. The van der Waals surface area contributed by atoms with E-state index in [9.17, 15) is 18.0 Å². The fraction of sp³-hybridized carbons (Fsp3) is 0.533. The molecule has 20 heavy (non-hydrogen) atoms. The molecule has 0 aliphatic heterocycles. The van der Waals surface area contributed by atoms with Crippen LogP contribution in [0.4, 0.5) is 13.2 Å². The minimum Gasteiger partial charge on any atom is -0.328 e. The van der Waals surface area contributed by atoms with E-state index in [0.717, 1.165) is 31.4 Å². The van der Waals surface area contributed by atoms with Crippen LogP contribution in [0, 0.1) is 5.92 Å². The van der Waals surface area contributed by atoms with Gasteiger partial charge >= 0.3 is 6.18 Å². The summed E-state index contributed by atoms with van der Waals surface area (Å²) in [4.78, 5) is 12.1. The average Bonchev–Trinajstić information content (AvgIpc) is 2.38. The maximum atomic E-state index is 12.4. The zero-order valence-electron chi connectivity index (χ0n) is 11.1. The number of carbonyl (C=O) groups is 1. The summed E-state index contributed by atoms with van der Waals surface area (Å²) in [5.74, 6) is 0.0425. The van der Waals surface area contributed by atoms with Gasteiger partial charge in [-0.2, -0.15) is 13.2 Å². The SMILES string of the molecule is NC1CCCC(C(=O)Cc2ccc(C(F)(F)F)cc2)C1. The second kappa shape index (κ2) is 5.95. The summed E-state index contributed by atoms with van der Waals surface area (Å²) in [6, 6.07) is 4.88. The lowest BCUT2D eigenvalue weighted by molar-refractivity contribution is -0.137. The van der Waals surface area contributed by atoms with Gasteiger partial charge in [-0.3, -0.25) is 4.79 Å². The second-order valence-corrected chi connectivity index (χ2v) is 5.46. The average molecular weight is 285 g/mol. The Balaban J connectivity index is 1.97. The topological polar surface area (TPSA) is 43.1 Å². The number of nitrogens with two attached hydrogens (primary N) is 1. The zero-order valence-corrected chi connectivity index (χ0v) is 11.1. The number of Topliss-reactive ketones (excluding diaryl/α,β-unsaturated/α-hetero) is 1. The van der Waals surface area contributed by atoms with Crippen LogP contribution >= 0.6 is 0 Å². The molecule has 0 amide bonds. The Morgan fingerprint density at radius 1 is 1.20 bits per heavy atom. The van der Waals surface area contributed by atoms with E-state index in [1.165, 1.54) is 12.1 Å². The Hall–Kier alpha value is -1.36. The highest BCUT2D eigenvalue weighted by atomic mass is 19.4. The minimum absolute atomic E-state index is 0.0407. The van der Waals surface area contributed by atoms with Crippen LogP contribution in [-0.2, 0) is 17.4 Å². The van der Waals surface area contributed by atoms with Gasteiger partial charge in [-0.05, 0) is 37.0 Å². The highest BCUT2D eigenvalue weighted by Crippen LogP contribution is 2.29. The number of rotatable bonds is 3. The molecule has 2 nitrogen and oxygen atoms in total. The van der Waals surface area contributed by atoms with Gasteiger partial charge in [-0.25, -0.2) is 0 Å². The van der Waals surface area contributed by atoms with Gasteiger partial charge in [0.2, 0.25) is 0 Å². The first-order chi connectivity index (χ1) is 9.36. The lowest BCUT2D eigenvalue weighted by Gasteiger charge is -2.25. The molecule has 2 rings (SSSR count). The standard InChI is InChI=1S/C15H18F3NO/c16-15(17,18)12-6-4-10(5-7-12)8-14(20)11-2-1-3-13(19)9-11/h4-7,11,13H,1-3,8-9,19H2. The van der Waals surface area contributed by atoms with Gasteiger partial charge in [-0.1, -0.05) is 18.6 Å². The molecule has 1 fully saturated rings. The van der Waals surface area contributed by atoms with Crippen molar-refractivity contribution in [3.63, 3.8) is 0 Å². The Bertz CT molecular complexity index is 467. The number of hydrogen-bond acceptors (Lipinski definition) is 2. The summed E-state index contributed by atoms with van der Waals surface area (Å²) in [5, 5.41) is 0. The van der Waals surface area contributed by atoms with E-state index in [1.807, 2.05) is 0 Å². The van der Waals surface area contributed by atoms with Crippen LogP contribution in [0.5, 0.6) is 0 Å². The normalized spacial score (nSPS) is 23.6. The summed E-state index contributed by atoms with van der Waals surface area (Å²) in [6.07, 6.45) is -0.713. The van der Waals surface area contributed by atoms with Crippen LogP contribution in [0.25, 0.3) is 0 Å². The van der Waals surface area contributed by atoms with Crippen molar-refractivity contribution in [1.29, 1.82) is 0 Å². The predicted molar refractivity (Wildman–Crippen MR) is 70.1 cm³/mol. The highest BCUT2D eigenvalue weighted by molar-refractivity contribution is 5.83. The molecule has 5 heteroatoms. The Morgan fingerprint density at radius 3 is 2.40 bits per heavy atom. The maximum Gasteiger partial charge on any atom is 0.416 e. The van der Waals surface area contributed by atoms with Crippen molar-refractivity contribution in [3.8, 4) is 0 Å². The molecule has 2 unspecified atom stereocenters.